The van der Waals surface area contributed by atoms with E-state index in [0.29, 0.717) is 18.0 Å². The number of carbonyl (C=O) groups is 1. The van der Waals surface area contributed by atoms with Gasteiger partial charge in [-0.3, -0.25) is 4.79 Å². The number of aromatic nitrogens is 1. The van der Waals surface area contributed by atoms with Gasteiger partial charge in [0.05, 0.1) is 18.9 Å². The molecule has 0 unspecified atom stereocenters. The minimum Gasteiger partial charge on any atom is -0.497 e. The summed E-state index contributed by atoms with van der Waals surface area (Å²) < 4.78 is 5.14. The number of aliphatic hydroxyl groups excluding tert-OH is 1. The van der Waals surface area contributed by atoms with Crippen LogP contribution < -0.4 is 10.1 Å². The second-order valence-electron chi connectivity index (χ2n) is 5.76. The Hall–Kier alpha value is -1.92. The zero-order valence-electron chi connectivity index (χ0n) is 13.0. The van der Waals surface area contributed by atoms with Gasteiger partial charge in [-0.05, 0) is 49.9 Å². The van der Waals surface area contributed by atoms with E-state index < -0.39 is 0 Å². The van der Waals surface area contributed by atoms with Crippen molar-refractivity contribution in [3.05, 3.63) is 29.6 Å². The van der Waals surface area contributed by atoms with Crippen LogP contribution in [0.5, 0.6) is 5.75 Å². The number of aliphatic hydroxyl groups is 1. The summed E-state index contributed by atoms with van der Waals surface area (Å²) >= 11 is 1.42. The van der Waals surface area contributed by atoms with Gasteiger partial charge in [-0.25, -0.2) is 4.98 Å². The summed E-state index contributed by atoms with van der Waals surface area (Å²) in [6.45, 7) is 0. The summed E-state index contributed by atoms with van der Waals surface area (Å²) in [5.74, 6) is 0.788. The van der Waals surface area contributed by atoms with Crippen molar-refractivity contribution in [1.29, 1.82) is 0 Å². The molecule has 1 fully saturated rings. The third-order valence-corrected chi connectivity index (χ3v) is 4.95. The molecular weight excluding hydrogens is 312 g/mol. The van der Waals surface area contributed by atoms with Crippen LogP contribution in [-0.2, 0) is 4.79 Å². The number of nitrogens with zero attached hydrogens (tertiary/aromatic N) is 1. The number of anilines is 1. The average Bonchev–Trinajstić information content (AvgIpc) is 3.04. The molecule has 1 saturated carbocycles. The molecule has 1 aliphatic carbocycles. The molecule has 1 amide bonds. The Morgan fingerprint density at radius 2 is 1.96 bits per heavy atom. The predicted molar refractivity (Wildman–Crippen MR) is 90.7 cm³/mol. The minimum atomic E-state index is -0.249. The molecule has 6 heteroatoms. The first-order chi connectivity index (χ1) is 11.2. The van der Waals surface area contributed by atoms with Gasteiger partial charge in [0.25, 0.3) is 0 Å². The molecule has 1 aliphatic rings. The molecule has 2 N–H and O–H groups in total. The van der Waals surface area contributed by atoms with Crippen LogP contribution in [-0.4, -0.2) is 29.2 Å². The lowest BCUT2D eigenvalue weighted by Gasteiger charge is -2.23. The van der Waals surface area contributed by atoms with Crippen LogP contribution in [0.2, 0.25) is 0 Å². The molecule has 0 spiro atoms. The minimum absolute atomic E-state index is 0.00697. The molecule has 23 heavy (non-hydrogen) atoms. The van der Waals surface area contributed by atoms with E-state index in [1.807, 2.05) is 29.6 Å². The molecule has 122 valence electrons. The summed E-state index contributed by atoms with van der Waals surface area (Å²) in [6, 6.07) is 7.67. The highest BCUT2D eigenvalue weighted by atomic mass is 32.1. The summed E-state index contributed by atoms with van der Waals surface area (Å²) in [5.41, 5.74) is 1.83. The number of thiazole rings is 1. The number of rotatable bonds is 4. The maximum Gasteiger partial charge on any atom is 0.229 e. The van der Waals surface area contributed by atoms with E-state index in [2.05, 4.69) is 10.3 Å². The smallest absolute Gasteiger partial charge is 0.229 e. The van der Waals surface area contributed by atoms with Crippen LogP contribution in [0, 0.1) is 5.92 Å². The monoisotopic (exact) mass is 332 g/mol. The Bertz CT molecular complexity index is 661. The molecule has 0 atom stereocenters. The number of ether oxygens (including phenoxy) is 1. The molecule has 0 radical (unpaired) electrons. The molecule has 3 rings (SSSR count). The first kappa shape index (κ1) is 16.0. The van der Waals surface area contributed by atoms with Gasteiger partial charge >= 0.3 is 0 Å². The third kappa shape index (κ3) is 3.89. The lowest BCUT2D eigenvalue weighted by atomic mass is 9.87. The number of nitrogens with one attached hydrogen (secondary N) is 1. The highest BCUT2D eigenvalue weighted by molar-refractivity contribution is 7.14. The predicted octanol–water partition coefficient (Wildman–Crippen LogP) is 3.31. The molecule has 1 heterocycles. The van der Waals surface area contributed by atoms with Crippen molar-refractivity contribution >= 4 is 22.4 Å². The van der Waals surface area contributed by atoms with Crippen LogP contribution in [0.1, 0.15) is 25.7 Å². The van der Waals surface area contributed by atoms with Gasteiger partial charge in [-0.15, -0.1) is 11.3 Å². The Kier molecular flexibility index (Phi) is 4.93. The number of carbonyl (C=O) groups excluding carboxylic acids is 1. The topological polar surface area (TPSA) is 71.5 Å². The highest BCUT2D eigenvalue weighted by Crippen LogP contribution is 2.29. The van der Waals surface area contributed by atoms with Crippen LogP contribution in [0.4, 0.5) is 5.13 Å². The molecule has 0 aliphatic heterocycles. The van der Waals surface area contributed by atoms with Crippen molar-refractivity contribution in [2.75, 3.05) is 12.4 Å². The first-order valence-corrected chi connectivity index (χ1v) is 8.62. The van der Waals surface area contributed by atoms with E-state index in [-0.39, 0.29) is 17.9 Å². The zero-order valence-corrected chi connectivity index (χ0v) is 13.8. The van der Waals surface area contributed by atoms with E-state index in [9.17, 15) is 9.90 Å². The number of hydrogen-bond acceptors (Lipinski definition) is 5. The third-order valence-electron chi connectivity index (χ3n) is 4.19. The van der Waals surface area contributed by atoms with Crippen LogP contribution in [0.25, 0.3) is 11.3 Å². The van der Waals surface area contributed by atoms with Crippen molar-refractivity contribution in [3.63, 3.8) is 0 Å². The van der Waals surface area contributed by atoms with Gasteiger partial charge in [0.2, 0.25) is 5.91 Å². The molecule has 1 aromatic carbocycles. The van der Waals surface area contributed by atoms with E-state index in [4.69, 9.17) is 4.74 Å². The second-order valence-corrected chi connectivity index (χ2v) is 6.62. The van der Waals surface area contributed by atoms with Crippen LogP contribution in [0.15, 0.2) is 29.6 Å². The van der Waals surface area contributed by atoms with Crippen molar-refractivity contribution in [1.82, 2.24) is 4.98 Å². The van der Waals surface area contributed by atoms with Crippen molar-refractivity contribution < 1.29 is 14.6 Å². The Labute approximate surface area is 139 Å². The van der Waals surface area contributed by atoms with E-state index in [1.54, 1.807) is 7.11 Å². The SMILES string of the molecule is COc1ccc(-c2csc(NC(=O)C3CCC(O)CC3)n2)cc1. The molecule has 0 saturated heterocycles. The number of methoxy groups -OCH3 is 1. The van der Waals surface area contributed by atoms with Crippen LogP contribution >= 0.6 is 11.3 Å². The summed E-state index contributed by atoms with van der Waals surface area (Å²) in [4.78, 5) is 16.7. The first-order valence-electron chi connectivity index (χ1n) is 7.74. The quantitative estimate of drug-likeness (QED) is 0.901. The fraction of sp³-hybridized carbons (Fsp3) is 0.412. The summed E-state index contributed by atoms with van der Waals surface area (Å²) in [5, 5.41) is 15.0. The van der Waals surface area contributed by atoms with Gasteiger partial charge in [-0.2, -0.15) is 0 Å². The summed E-state index contributed by atoms with van der Waals surface area (Å²) in [6.07, 6.45) is 2.63. The lowest BCUT2D eigenvalue weighted by molar-refractivity contribution is -0.121. The fourth-order valence-corrected chi connectivity index (χ4v) is 3.49. The molecular formula is C17H20N2O3S. The highest BCUT2D eigenvalue weighted by Gasteiger charge is 2.25. The molecule has 0 bridgehead atoms. The van der Waals surface area contributed by atoms with Crippen LogP contribution in [0.3, 0.4) is 0 Å². The number of benzene rings is 1. The lowest BCUT2D eigenvalue weighted by Crippen LogP contribution is -2.28. The van der Waals surface area contributed by atoms with Gasteiger partial charge in [-0.1, -0.05) is 0 Å². The summed E-state index contributed by atoms with van der Waals surface area (Å²) in [7, 11) is 1.63. The number of amides is 1. The normalized spacial score (nSPS) is 21.0. The Morgan fingerprint density at radius 3 is 2.61 bits per heavy atom. The maximum atomic E-state index is 12.3. The van der Waals surface area contributed by atoms with Gasteiger partial charge in [0.15, 0.2) is 5.13 Å². The second kappa shape index (κ2) is 7.10. The van der Waals surface area contributed by atoms with Gasteiger partial charge in [0, 0.05) is 16.9 Å². The van der Waals surface area contributed by atoms with E-state index >= 15 is 0 Å². The van der Waals surface area contributed by atoms with Crippen molar-refractivity contribution in [3.8, 4) is 17.0 Å². The molecule has 2 aromatic rings. The van der Waals surface area contributed by atoms with Crippen molar-refractivity contribution in [2.45, 2.75) is 31.8 Å². The maximum absolute atomic E-state index is 12.3. The number of hydrogen-bond donors (Lipinski definition) is 2. The van der Waals surface area contributed by atoms with E-state index in [1.165, 1.54) is 11.3 Å². The van der Waals surface area contributed by atoms with Gasteiger partial charge in [0.1, 0.15) is 5.75 Å². The largest absolute Gasteiger partial charge is 0.497 e. The Balaban J connectivity index is 1.63. The fourth-order valence-electron chi connectivity index (χ4n) is 2.77. The molecule has 1 aromatic heterocycles. The average molecular weight is 332 g/mol. The zero-order chi connectivity index (χ0) is 16.2. The van der Waals surface area contributed by atoms with Gasteiger partial charge < -0.3 is 15.2 Å². The Morgan fingerprint density at radius 1 is 1.26 bits per heavy atom. The molecule has 5 nitrogen and oxygen atoms in total. The van der Waals surface area contributed by atoms with E-state index in [0.717, 1.165) is 29.8 Å². The van der Waals surface area contributed by atoms with Crippen molar-refractivity contribution in [2.24, 2.45) is 5.92 Å². The standard InChI is InChI=1S/C17H20N2O3S/c1-22-14-8-4-11(5-9-14)15-10-23-17(18-15)19-16(21)12-2-6-13(20)7-3-12/h4-5,8-10,12-13,20H,2-3,6-7H2,1H3,(H,18,19,21).